The van der Waals surface area contributed by atoms with E-state index in [-0.39, 0.29) is 11.9 Å². The van der Waals surface area contributed by atoms with Crippen molar-refractivity contribution in [2.24, 2.45) is 0 Å². The summed E-state index contributed by atoms with van der Waals surface area (Å²) in [5, 5.41) is 9.54. The number of hydrogen-bond acceptors (Lipinski definition) is 6. The summed E-state index contributed by atoms with van der Waals surface area (Å²) in [7, 11) is 0. The first-order valence-electron chi connectivity index (χ1n) is 10.0. The molecule has 7 nitrogen and oxygen atoms in total. The SMILES string of the molecule is Fc1ccc(-c2nnc(N3CCc4[nH]cnc4[C@H]3c3ccc4ccccc4n3)o2)cc1. The Morgan fingerprint density at radius 1 is 1.00 bits per heavy atom. The van der Waals surface area contributed by atoms with Gasteiger partial charge in [-0.3, -0.25) is 4.98 Å². The van der Waals surface area contributed by atoms with Gasteiger partial charge in [0.05, 0.1) is 23.2 Å². The van der Waals surface area contributed by atoms with Crippen molar-refractivity contribution in [3.63, 3.8) is 0 Å². The van der Waals surface area contributed by atoms with Crippen molar-refractivity contribution in [2.45, 2.75) is 12.5 Å². The lowest BCUT2D eigenvalue weighted by Crippen LogP contribution is -2.37. The van der Waals surface area contributed by atoms with Crippen LogP contribution in [0.3, 0.4) is 0 Å². The van der Waals surface area contributed by atoms with E-state index < -0.39 is 0 Å². The molecule has 0 unspecified atom stereocenters. The maximum Gasteiger partial charge on any atom is 0.319 e. The van der Waals surface area contributed by atoms with E-state index in [1.54, 1.807) is 18.5 Å². The highest BCUT2D eigenvalue weighted by atomic mass is 19.1. The topological polar surface area (TPSA) is 83.7 Å². The van der Waals surface area contributed by atoms with E-state index in [0.717, 1.165) is 34.4 Å². The monoisotopic (exact) mass is 412 g/mol. The fourth-order valence-electron chi connectivity index (χ4n) is 4.06. The average Bonchev–Trinajstić information content (AvgIpc) is 3.48. The highest BCUT2D eigenvalue weighted by molar-refractivity contribution is 5.78. The zero-order valence-electron chi connectivity index (χ0n) is 16.4. The molecular formula is C23H17FN6O. The maximum atomic E-state index is 13.3. The van der Waals surface area contributed by atoms with Gasteiger partial charge in [-0.2, -0.15) is 0 Å². The molecule has 6 rings (SSSR count). The molecule has 1 aliphatic heterocycles. The Morgan fingerprint density at radius 3 is 2.77 bits per heavy atom. The van der Waals surface area contributed by atoms with E-state index >= 15 is 0 Å². The van der Waals surface area contributed by atoms with Crippen molar-refractivity contribution in [3.8, 4) is 11.5 Å². The van der Waals surface area contributed by atoms with Crippen LogP contribution in [0.2, 0.25) is 0 Å². The molecule has 8 heteroatoms. The third-order valence-electron chi connectivity index (χ3n) is 5.58. The van der Waals surface area contributed by atoms with Crippen LogP contribution >= 0.6 is 0 Å². The van der Waals surface area contributed by atoms with E-state index in [1.807, 2.05) is 35.2 Å². The van der Waals surface area contributed by atoms with Crippen LogP contribution in [-0.2, 0) is 6.42 Å². The van der Waals surface area contributed by atoms with Gasteiger partial charge in [0, 0.05) is 29.6 Å². The molecule has 0 amide bonds. The lowest BCUT2D eigenvalue weighted by atomic mass is 9.99. The lowest BCUT2D eigenvalue weighted by Gasteiger charge is -2.33. The zero-order valence-corrected chi connectivity index (χ0v) is 16.4. The number of aromatic amines is 1. The van der Waals surface area contributed by atoms with Gasteiger partial charge in [0.25, 0.3) is 0 Å². The molecule has 31 heavy (non-hydrogen) atoms. The van der Waals surface area contributed by atoms with Crippen LogP contribution in [0.15, 0.2) is 71.4 Å². The normalized spacial score (nSPS) is 15.9. The van der Waals surface area contributed by atoms with Gasteiger partial charge < -0.3 is 14.3 Å². The number of imidazole rings is 1. The van der Waals surface area contributed by atoms with Gasteiger partial charge in [0.1, 0.15) is 11.9 Å². The molecule has 2 aromatic carbocycles. The van der Waals surface area contributed by atoms with Crippen LogP contribution in [0.1, 0.15) is 23.1 Å². The Kier molecular flexibility index (Phi) is 4.02. The molecule has 3 aromatic heterocycles. The van der Waals surface area contributed by atoms with Gasteiger partial charge in [0.2, 0.25) is 5.89 Å². The quantitative estimate of drug-likeness (QED) is 0.476. The highest BCUT2D eigenvalue weighted by Crippen LogP contribution is 2.37. The van der Waals surface area contributed by atoms with Crippen LogP contribution in [0.5, 0.6) is 0 Å². The summed E-state index contributed by atoms with van der Waals surface area (Å²) >= 11 is 0. The molecule has 0 spiro atoms. The Morgan fingerprint density at radius 2 is 1.87 bits per heavy atom. The molecule has 1 atom stereocenters. The molecule has 5 aromatic rings. The first kappa shape index (κ1) is 17.8. The third-order valence-corrected chi connectivity index (χ3v) is 5.58. The summed E-state index contributed by atoms with van der Waals surface area (Å²) in [6.07, 6.45) is 2.48. The minimum Gasteiger partial charge on any atom is -0.403 e. The minimum atomic E-state index is -0.312. The van der Waals surface area contributed by atoms with Crippen LogP contribution in [-0.4, -0.2) is 31.7 Å². The number of hydrogen-bond donors (Lipinski definition) is 1. The molecule has 0 bridgehead atoms. The number of para-hydroxylation sites is 1. The van der Waals surface area contributed by atoms with E-state index in [2.05, 4.69) is 26.2 Å². The molecule has 0 aliphatic carbocycles. The largest absolute Gasteiger partial charge is 0.403 e. The average molecular weight is 412 g/mol. The Bertz CT molecular complexity index is 1380. The van der Waals surface area contributed by atoms with Gasteiger partial charge in [0.15, 0.2) is 0 Å². The molecule has 1 aliphatic rings. The molecule has 1 N–H and O–H groups in total. The number of pyridine rings is 1. The third kappa shape index (κ3) is 3.04. The van der Waals surface area contributed by atoms with Gasteiger partial charge in [-0.1, -0.05) is 29.4 Å². The van der Waals surface area contributed by atoms with Crippen LogP contribution in [0, 0.1) is 5.82 Å². The fourth-order valence-corrected chi connectivity index (χ4v) is 4.06. The number of fused-ring (bicyclic) bond motifs is 2. The summed E-state index contributed by atoms with van der Waals surface area (Å²) in [4.78, 5) is 14.7. The summed E-state index contributed by atoms with van der Waals surface area (Å²) in [5.74, 6) is 0.0288. The second kappa shape index (κ2) is 7.02. The van der Waals surface area contributed by atoms with Crippen molar-refractivity contribution in [3.05, 3.63) is 89.9 Å². The van der Waals surface area contributed by atoms with E-state index in [0.29, 0.717) is 24.0 Å². The van der Waals surface area contributed by atoms with Crippen LogP contribution in [0.25, 0.3) is 22.4 Å². The number of H-pyrrole nitrogens is 1. The first-order chi connectivity index (χ1) is 15.3. The number of benzene rings is 2. The van der Waals surface area contributed by atoms with E-state index in [9.17, 15) is 4.39 Å². The number of halogens is 1. The van der Waals surface area contributed by atoms with Crippen molar-refractivity contribution in [1.29, 1.82) is 0 Å². The maximum absolute atomic E-state index is 13.3. The Balaban J connectivity index is 1.44. The Hall–Kier alpha value is -4.07. The smallest absolute Gasteiger partial charge is 0.319 e. The van der Waals surface area contributed by atoms with Crippen LogP contribution < -0.4 is 4.90 Å². The second-order valence-electron chi connectivity index (χ2n) is 7.44. The number of rotatable bonds is 3. The summed E-state index contributed by atoms with van der Waals surface area (Å²) < 4.78 is 19.3. The number of aromatic nitrogens is 5. The molecular weight excluding hydrogens is 395 g/mol. The zero-order chi connectivity index (χ0) is 20.8. The van der Waals surface area contributed by atoms with Crippen molar-refractivity contribution in [2.75, 3.05) is 11.4 Å². The van der Waals surface area contributed by atoms with Crippen LogP contribution in [0.4, 0.5) is 10.4 Å². The van der Waals surface area contributed by atoms with Gasteiger partial charge >= 0.3 is 6.01 Å². The predicted molar refractivity (Wildman–Crippen MR) is 113 cm³/mol. The highest BCUT2D eigenvalue weighted by Gasteiger charge is 2.35. The number of nitrogens with one attached hydrogen (secondary N) is 1. The van der Waals surface area contributed by atoms with E-state index in [1.165, 1.54) is 12.1 Å². The standard InChI is InChI=1S/C23H17FN6O/c24-16-8-5-15(6-9-16)22-28-29-23(31-22)30-12-11-18-20(26-13-25-18)21(30)19-10-7-14-3-1-2-4-17(14)27-19/h1-10,13,21H,11-12H2,(H,25,26)/t21-/m1/s1. The van der Waals surface area contributed by atoms with Crippen molar-refractivity contribution in [1.82, 2.24) is 25.1 Å². The van der Waals surface area contributed by atoms with Crippen molar-refractivity contribution < 1.29 is 8.81 Å². The van der Waals surface area contributed by atoms with E-state index in [4.69, 9.17) is 9.40 Å². The molecule has 0 saturated carbocycles. The summed E-state index contributed by atoms with van der Waals surface area (Å²) in [6.45, 7) is 0.666. The summed E-state index contributed by atoms with van der Waals surface area (Å²) in [6, 6.07) is 18.2. The Labute approximate surface area is 176 Å². The van der Waals surface area contributed by atoms with Crippen molar-refractivity contribution >= 4 is 16.9 Å². The first-order valence-corrected chi connectivity index (χ1v) is 10.0. The number of nitrogens with zero attached hydrogens (tertiary/aromatic N) is 5. The molecule has 4 heterocycles. The molecule has 0 saturated heterocycles. The summed E-state index contributed by atoms with van der Waals surface area (Å²) in [5.41, 5.74) is 4.41. The van der Waals surface area contributed by atoms with Gasteiger partial charge in [-0.05, 0) is 36.4 Å². The number of anilines is 1. The molecule has 152 valence electrons. The molecule has 0 fully saturated rings. The molecule has 0 radical (unpaired) electrons. The lowest BCUT2D eigenvalue weighted by molar-refractivity contribution is 0.505. The minimum absolute atomic E-state index is 0.263. The van der Waals surface area contributed by atoms with Gasteiger partial charge in [-0.15, -0.1) is 5.10 Å². The van der Waals surface area contributed by atoms with Gasteiger partial charge in [-0.25, -0.2) is 9.37 Å². The second-order valence-corrected chi connectivity index (χ2v) is 7.44. The fraction of sp³-hybridized carbons (Fsp3) is 0.130. The predicted octanol–water partition coefficient (Wildman–Crippen LogP) is 4.30.